The summed E-state index contributed by atoms with van der Waals surface area (Å²) in [6.45, 7) is 8.30. The van der Waals surface area contributed by atoms with Gasteiger partial charge in [0.25, 0.3) is 0 Å². The summed E-state index contributed by atoms with van der Waals surface area (Å²) in [5.41, 5.74) is 5.72. The number of rotatable bonds is 3. The number of halogens is 1. The zero-order valence-electron chi connectivity index (χ0n) is 13.3. The van der Waals surface area contributed by atoms with Crippen molar-refractivity contribution < 1.29 is 0 Å². The molecule has 0 saturated carbocycles. The van der Waals surface area contributed by atoms with Crippen molar-refractivity contribution in [3.63, 3.8) is 0 Å². The molecule has 2 nitrogen and oxygen atoms in total. The Balaban J connectivity index is 2.03. The first kappa shape index (κ1) is 16.8. The van der Waals surface area contributed by atoms with E-state index in [9.17, 15) is 0 Å². The van der Waals surface area contributed by atoms with Crippen LogP contribution in [0.15, 0.2) is 36.4 Å². The highest BCUT2D eigenvalue weighted by atomic mass is 35.5. The van der Waals surface area contributed by atoms with Crippen LogP contribution < -0.4 is 10.6 Å². The molecular formula is C18H21ClN2S. The summed E-state index contributed by atoms with van der Waals surface area (Å²) in [6.07, 6.45) is 0. The highest BCUT2D eigenvalue weighted by Gasteiger charge is 2.10. The average Bonchev–Trinajstić information content (AvgIpc) is 2.42. The molecule has 2 aromatic carbocycles. The molecule has 1 atom stereocenters. The molecular weight excluding hydrogens is 312 g/mol. The topological polar surface area (TPSA) is 24.1 Å². The predicted octanol–water partition coefficient (Wildman–Crippen LogP) is 5.31. The first-order valence-electron chi connectivity index (χ1n) is 7.27. The third kappa shape index (κ3) is 4.21. The van der Waals surface area contributed by atoms with Gasteiger partial charge in [0.05, 0.1) is 6.04 Å². The van der Waals surface area contributed by atoms with Crippen LogP contribution in [0.3, 0.4) is 0 Å². The second kappa shape index (κ2) is 7.12. The summed E-state index contributed by atoms with van der Waals surface area (Å²) in [4.78, 5) is 0. The molecule has 0 saturated heterocycles. The minimum atomic E-state index is 0.140. The number of anilines is 1. The van der Waals surface area contributed by atoms with Crippen molar-refractivity contribution in [1.29, 1.82) is 0 Å². The molecule has 0 radical (unpaired) electrons. The lowest BCUT2D eigenvalue weighted by atomic mass is 10.0. The molecule has 4 heteroatoms. The van der Waals surface area contributed by atoms with Crippen molar-refractivity contribution in [3.05, 3.63) is 63.7 Å². The normalized spacial score (nSPS) is 11.9. The lowest BCUT2D eigenvalue weighted by Crippen LogP contribution is -2.31. The first-order chi connectivity index (χ1) is 10.4. The second-order valence-corrected chi connectivity index (χ2v) is 6.46. The Morgan fingerprint density at radius 3 is 2.41 bits per heavy atom. The second-order valence-electron chi connectivity index (χ2n) is 5.64. The van der Waals surface area contributed by atoms with Crippen LogP contribution in [0.4, 0.5) is 5.69 Å². The van der Waals surface area contributed by atoms with Crippen LogP contribution in [-0.4, -0.2) is 5.11 Å². The maximum atomic E-state index is 6.13. The number of benzene rings is 2. The molecule has 22 heavy (non-hydrogen) atoms. The van der Waals surface area contributed by atoms with Crippen LogP contribution in [-0.2, 0) is 0 Å². The predicted molar refractivity (Wildman–Crippen MR) is 99.9 cm³/mol. The summed E-state index contributed by atoms with van der Waals surface area (Å²) < 4.78 is 0. The molecule has 2 aromatic rings. The van der Waals surface area contributed by atoms with Crippen LogP contribution in [0, 0.1) is 20.8 Å². The van der Waals surface area contributed by atoms with E-state index in [1.807, 2.05) is 25.1 Å². The SMILES string of the molecule is Cc1ccc([C@H](C)NC(=S)Nc2ccc(C)c(Cl)c2)c(C)c1. The number of hydrogen-bond acceptors (Lipinski definition) is 1. The molecule has 0 heterocycles. The van der Waals surface area contributed by atoms with Crippen molar-refractivity contribution in [3.8, 4) is 0 Å². The fraction of sp³-hybridized carbons (Fsp3) is 0.278. The zero-order chi connectivity index (χ0) is 16.3. The highest BCUT2D eigenvalue weighted by molar-refractivity contribution is 7.80. The van der Waals surface area contributed by atoms with Gasteiger partial charge >= 0.3 is 0 Å². The summed E-state index contributed by atoms with van der Waals surface area (Å²) in [6, 6.07) is 12.4. The van der Waals surface area contributed by atoms with Gasteiger partial charge in [-0.15, -0.1) is 0 Å². The van der Waals surface area contributed by atoms with Gasteiger partial charge in [0.1, 0.15) is 0 Å². The molecule has 2 rings (SSSR count). The van der Waals surface area contributed by atoms with Crippen LogP contribution in [0.1, 0.15) is 35.2 Å². The lowest BCUT2D eigenvalue weighted by molar-refractivity contribution is 0.717. The van der Waals surface area contributed by atoms with Crippen molar-refractivity contribution in [1.82, 2.24) is 5.32 Å². The lowest BCUT2D eigenvalue weighted by Gasteiger charge is -2.19. The third-order valence-electron chi connectivity index (χ3n) is 3.67. The maximum Gasteiger partial charge on any atom is 0.171 e. The zero-order valence-corrected chi connectivity index (χ0v) is 14.9. The van der Waals surface area contributed by atoms with E-state index in [0.29, 0.717) is 5.11 Å². The molecule has 0 amide bonds. The Hall–Kier alpha value is -1.58. The van der Waals surface area contributed by atoms with Gasteiger partial charge in [-0.3, -0.25) is 0 Å². The number of aryl methyl sites for hydroxylation is 3. The number of nitrogens with one attached hydrogen (secondary N) is 2. The minimum Gasteiger partial charge on any atom is -0.356 e. The van der Waals surface area contributed by atoms with E-state index in [2.05, 4.69) is 49.6 Å². The van der Waals surface area contributed by atoms with Gasteiger partial charge < -0.3 is 10.6 Å². The molecule has 0 aromatic heterocycles. The smallest absolute Gasteiger partial charge is 0.171 e. The summed E-state index contributed by atoms with van der Waals surface area (Å²) in [5, 5.41) is 7.82. The van der Waals surface area contributed by atoms with E-state index >= 15 is 0 Å². The van der Waals surface area contributed by atoms with Gasteiger partial charge in [-0.05, 0) is 68.7 Å². The fourth-order valence-electron chi connectivity index (χ4n) is 2.42. The van der Waals surface area contributed by atoms with E-state index in [0.717, 1.165) is 16.3 Å². The van der Waals surface area contributed by atoms with Crippen molar-refractivity contribution in [2.45, 2.75) is 33.7 Å². The molecule has 2 N–H and O–H groups in total. The van der Waals surface area contributed by atoms with E-state index in [1.165, 1.54) is 16.7 Å². The van der Waals surface area contributed by atoms with Crippen LogP contribution in [0.5, 0.6) is 0 Å². The molecule has 0 fully saturated rings. The van der Waals surface area contributed by atoms with Crippen molar-refractivity contribution in [2.24, 2.45) is 0 Å². The monoisotopic (exact) mass is 332 g/mol. The largest absolute Gasteiger partial charge is 0.356 e. The first-order valence-corrected chi connectivity index (χ1v) is 8.06. The molecule has 0 aliphatic heterocycles. The van der Waals surface area contributed by atoms with Gasteiger partial charge in [-0.1, -0.05) is 41.4 Å². The summed E-state index contributed by atoms with van der Waals surface area (Å²) in [5.74, 6) is 0. The molecule has 0 spiro atoms. The summed E-state index contributed by atoms with van der Waals surface area (Å²) >= 11 is 11.5. The Morgan fingerprint density at radius 1 is 1.05 bits per heavy atom. The quantitative estimate of drug-likeness (QED) is 0.744. The molecule has 0 aliphatic carbocycles. The molecule has 0 unspecified atom stereocenters. The average molecular weight is 333 g/mol. The van der Waals surface area contributed by atoms with E-state index in [1.54, 1.807) is 0 Å². The van der Waals surface area contributed by atoms with E-state index in [-0.39, 0.29) is 6.04 Å². The number of hydrogen-bond donors (Lipinski definition) is 2. The standard InChI is InChI=1S/C18H21ClN2S/c1-11-5-8-16(13(3)9-11)14(4)20-18(22)21-15-7-6-12(2)17(19)10-15/h5-10,14H,1-4H3,(H2,20,21,22)/t14-/m0/s1. The summed E-state index contributed by atoms with van der Waals surface area (Å²) in [7, 11) is 0. The molecule has 0 aliphatic rings. The third-order valence-corrected chi connectivity index (χ3v) is 4.30. The van der Waals surface area contributed by atoms with Gasteiger partial charge in [-0.25, -0.2) is 0 Å². The number of thiocarbonyl (C=S) groups is 1. The Labute approximate surface area is 142 Å². The van der Waals surface area contributed by atoms with Gasteiger partial charge in [0, 0.05) is 10.7 Å². The van der Waals surface area contributed by atoms with Crippen LogP contribution in [0.2, 0.25) is 5.02 Å². The Bertz CT molecular complexity index is 697. The van der Waals surface area contributed by atoms with Gasteiger partial charge in [0.2, 0.25) is 0 Å². The van der Waals surface area contributed by atoms with Crippen molar-refractivity contribution in [2.75, 3.05) is 5.32 Å². The van der Waals surface area contributed by atoms with Crippen LogP contribution >= 0.6 is 23.8 Å². The molecule has 116 valence electrons. The highest BCUT2D eigenvalue weighted by Crippen LogP contribution is 2.21. The van der Waals surface area contributed by atoms with Crippen LogP contribution in [0.25, 0.3) is 0 Å². The molecule has 0 bridgehead atoms. The van der Waals surface area contributed by atoms with Crippen molar-refractivity contribution >= 4 is 34.6 Å². The van der Waals surface area contributed by atoms with Gasteiger partial charge in [0.15, 0.2) is 5.11 Å². The van der Waals surface area contributed by atoms with Gasteiger partial charge in [-0.2, -0.15) is 0 Å². The van der Waals surface area contributed by atoms with E-state index in [4.69, 9.17) is 23.8 Å². The Kier molecular flexibility index (Phi) is 5.43. The fourth-order valence-corrected chi connectivity index (χ4v) is 2.90. The Morgan fingerprint density at radius 2 is 1.77 bits per heavy atom. The minimum absolute atomic E-state index is 0.140. The van der Waals surface area contributed by atoms with E-state index < -0.39 is 0 Å². The maximum absolute atomic E-state index is 6.13.